The van der Waals surface area contributed by atoms with Crippen LogP contribution in [0.1, 0.15) is 10.5 Å². The predicted octanol–water partition coefficient (Wildman–Crippen LogP) is 3.42. The number of aromatic nitrogens is 1. The molecule has 0 fully saturated rings. The van der Waals surface area contributed by atoms with Crippen molar-refractivity contribution in [1.29, 1.82) is 0 Å². The predicted molar refractivity (Wildman–Crippen MR) is 75.4 cm³/mol. The number of hydrogen-bond acceptors (Lipinski definition) is 4. The van der Waals surface area contributed by atoms with Crippen LogP contribution in [0, 0.1) is 0 Å². The van der Waals surface area contributed by atoms with Crippen molar-refractivity contribution >= 4 is 34.9 Å². The van der Waals surface area contributed by atoms with Crippen molar-refractivity contribution in [2.75, 3.05) is 12.8 Å². The highest BCUT2D eigenvalue weighted by Gasteiger charge is 2.14. The molecule has 1 heterocycles. The van der Waals surface area contributed by atoms with E-state index in [1.807, 2.05) is 0 Å². The summed E-state index contributed by atoms with van der Waals surface area (Å²) in [6.45, 7) is 0. The fourth-order valence-electron chi connectivity index (χ4n) is 1.62. The van der Waals surface area contributed by atoms with Gasteiger partial charge in [0.1, 0.15) is 0 Å². The van der Waals surface area contributed by atoms with Crippen LogP contribution < -0.4 is 5.73 Å². The number of esters is 1. The van der Waals surface area contributed by atoms with E-state index in [0.29, 0.717) is 21.2 Å². The maximum atomic E-state index is 11.4. The summed E-state index contributed by atoms with van der Waals surface area (Å²) in [6.07, 6.45) is 1.50. The number of nitrogens with zero attached hydrogens (tertiary/aromatic N) is 1. The average Bonchev–Trinajstić information content (AvgIpc) is 2.41. The SMILES string of the molecule is COC(=O)c1ncc(-c2cccc(Cl)c2Cl)cc1N. The van der Waals surface area contributed by atoms with Gasteiger partial charge in [0.15, 0.2) is 5.69 Å². The maximum Gasteiger partial charge on any atom is 0.358 e. The third-order valence-corrected chi connectivity index (χ3v) is 3.38. The van der Waals surface area contributed by atoms with E-state index in [0.717, 1.165) is 0 Å². The summed E-state index contributed by atoms with van der Waals surface area (Å²) in [6, 6.07) is 6.86. The highest BCUT2D eigenvalue weighted by atomic mass is 35.5. The van der Waals surface area contributed by atoms with Crippen molar-refractivity contribution in [3.05, 3.63) is 46.2 Å². The van der Waals surface area contributed by atoms with Crippen LogP contribution in [0.25, 0.3) is 11.1 Å². The van der Waals surface area contributed by atoms with E-state index in [4.69, 9.17) is 28.9 Å². The van der Waals surface area contributed by atoms with Gasteiger partial charge in [-0.2, -0.15) is 0 Å². The van der Waals surface area contributed by atoms with E-state index in [9.17, 15) is 4.79 Å². The summed E-state index contributed by atoms with van der Waals surface area (Å²) in [5.41, 5.74) is 7.46. The number of anilines is 1. The minimum absolute atomic E-state index is 0.0735. The molecule has 0 unspecified atom stereocenters. The molecule has 0 aliphatic rings. The van der Waals surface area contributed by atoms with Crippen LogP contribution in [0.2, 0.25) is 10.0 Å². The van der Waals surface area contributed by atoms with E-state index in [1.165, 1.54) is 13.3 Å². The molecule has 98 valence electrons. The number of pyridine rings is 1. The molecule has 0 bridgehead atoms. The summed E-state index contributed by atoms with van der Waals surface area (Å²) in [5, 5.41) is 0.853. The number of carbonyl (C=O) groups excluding carboxylic acids is 1. The number of nitrogens with two attached hydrogens (primary N) is 1. The fourth-order valence-corrected chi connectivity index (χ4v) is 2.03. The molecule has 0 amide bonds. The average molecular weight is 297 g/mol. The first kappa shape index (κ1) is 13.6. The maximum absolute atomic E-state index is 11.4. The van der Waals surface area contributed by atoms with Crippen LogP contribution in [0.15, 0.2) is 30.5 Å². The molecule has 0 saturated carbocycles. The molecule has 0 aliphatic carbocycles. The number of nitrogen functional groups attached to an aromatic ring is 1. The first-order valence-electron chi connectivity index (χ1n) is 5.32. The number of hydrogen-bond donors (Lipinski definition) is 1. The van der Waals surface area contributed by atoms with Crippen LogP contribution >= 0.6 is 23.2 Å². The van der Waals surface area contributed by atoms with Gasteiger partial charge in [0.05, 0.1) is 22.8 Å². The molecular formula is C13H10Cl2N2O2. The molecule has 1 aromatic heterocycles. The first-order chi connectivity index (χ1) is 9.04. The number of benzene rings is 1. The molecule has 2 rings (SSSR count). The van der Waals surface area contributed by atoms with Crippen LogP contribution in [0.4, 0.5) is 5.69 Å². The smallest absolute Gasteiger partial charge is 0.358 e. The zero-order valence-corrected chi connectivity index (χ0v) is 11.5. The van der Waals surface area contributed by atoms with Gasteiger partial charge in [0.2, 0.25) is 0 Å². The van der Waals surface area contributed by atoms with Gasteiger partial charge >= 0.3 is 5.97 Å². The number of carbonyl (C=O) groups is 1. The van der Waals surface area contributed by atoms with Gasteiger partial charge in [-0.3, -0.25) is 0 Å². The Hall–Kier alpha value is -1.78. The molecule has 0 spiro atoms. The highest BCUT2D eigenvalue weighted by Crippen LogP contribution is 2.34. The Morgan fingerprint density at radius 1 is 1.37 bits per heavy atom. The van der Waals surface area contributed by atoms with E-state index in [-0.39, 0.29) is 11.4 Å². The van der Waals surface area contributed by atoms with E-state index in [1.54, 1.807) is 24.3 Å². The Bertz CT molecular complexity index is 645. The molecule has 0 radical (unpaired) electrons. The lowest BCUT2D eigenvalue weighted by Gasteiger charge is -2.08. The largest absolute Gasteiger partial charge is 0.464 e. The summed E-state index contributed by atoms with van der Waals surface area (Å²) in [7, 11) is 1.27. The van der Waals surface area contributed by atoms with Crippen LogP contribution in [0.3, 0.4) is 0 Å². The second-order valence-electron chi connectivity index (χ2n) is 3.75. The normalized spacial score (nSPS) is 10.3. The monoisotopic (exact) mass is 296 g/mol. The van der Waals surface area contributed by atoms with Crippen molar-refractivity contribution < 1.29 is 9.53 Å². The lowest BCUT2D eigenvalue weighted by Crippen LogP contribution is -2.08. The molecule has 19 heavy (non-hydrogen) atoms. The minimum Gasteiger partial charge on any atom is -0.464 e. The molecule has 2 N–H and O–H groups in total. The van der Waals surface area contributed by atoms with Gasteiger partial charge in [0.25, 0.3) is 0 Å². The highest BCUT2D eigenvalue weighted by molar-refractivity contribution is 6.43. The lowest BCUT2D eigenvalue weighted by atomic mass is 10.1. The van der Waals surface area contributed by atoms with Gasteiger partial charge in [-0.15, -0.1) is 0 Å². The minimum atomic E-state index is -0.582. The van der Waals surface area contributed by atoms with E-state index >= 15 is 0 Å². The Kier molecular flexibility index (Phi) is 3.93. The zero-order valence-electron chi connectivity index (χ0n) is 9.98. The second-order valence-corrected chi connectivity index (χ2v) is 4.54. The molecule has 4 nitrogen and oxygen atoms in total. The molecule has 0 saturated heterocycles. The molecule has 0 atom stereocenters. The van der Waals surface area contributed by atoms with Crippen LogP contribution in [0.5, 0.6) is 0 Å². The lowest BCUT2D eigenvalue weighted by molar-refractivity contribution is 0.0595. The quantitative estimate of drug-likeness (QED) is 0.862. The van der Waals surface area contributed by atoms with Crippen molar-refractivity contribution in [2.24, 2.45) is 0 Å². The van der Waals surface area contributed by atoms with Crippen molar-refractivity contribution in [3.63, 3.8) is 0 Å². The molecule has 6 heteroatoms. The van der Waals surface area contributed by atoms with Gasteiger partial charge in [-0.05, 0) is 12.1 Å². The molecular weight excluding hydrogens is 287 g/mol. The molecule has 2 aromatic rings. The third kappa shape index (κ3) is 2.64. The van der Waals surface area contributed by atoms with Crippen molar-refractivity contribution in [2.45, 2.75) is 0 Å². The van der Waals surface area contributed by atoms with Crippen molar-refractivity contribution in [1.82, 2.24) is 4.98 Å². The van der Waals surface area contributed by atoms with Crippen LogP contribution in [-0.2, 0) is 4.74 Å². The summed E-state index contributed by atoms with van der Waals surface area (Å²) in [5.74, 6) is -0.582. The van der Waals surface area contributed by atoms with Crippen molar-refractivity contribution in [3.8, 4) is 11.1 Å². The number of rotatable bonds is 2. The number of halogens is 2. The standard InChI is InChI=1S/C13H10Cl2N2O2/c1-19-13(18)12-10(16)5-7(6-17-12)8-3-2-4-9(14)11(8)15/h2-6H,16H2,1H3. The van der Waals surface area contributed by atoms with Gasteiger partial charge < -0.3 is 10.5 Å². The summed E-state index contributed by atoms with van der Waals surface area (Å²) >= 11 is 12.1. The van der Waals surface area contributed by atoms with E-state index in [2.05, 4.69) is 9.72 Å². The molecule has 0 aliphatic heterocycles. The third-order valence-electron chi connectivity index (χ3n) is 2.56. The molecule has 1 aromatic carbocycles. The van der Waals surface area contributed by atoms with Gasteiger partial charge in [0, 0.05) is 17.3 Å². The van der Waals surface area contributed by atoms with Gasteiger partial charge in [-0.1, -0.05) is 35.3 Å². The Morgan fingerprint density at radius 3 is 2.74 bits per heavy atom. The fraction of sp³-hybridized carbons (Fsp3) is 0.0769. The zero-order chi connectivity index (χ0) is 14.0. The van der Waals surface area contributed by atoms with Crippen LogP contribution in [-0.4, -0.2) is 18.1 Å². The number of ether oxygens (including phenoxy) is 1. The second kappa shape index (κ2) is 5.47. The Labute approximate surface area is 120 Å². The topological polar surface area (TPSA) is 65.2 Å². The summed E-state index contributed by atoms with van der Waals surface area (Å²) < 4.78 is 4.58. The first-order valence-corrected chi connectivity index (χ1v) is 6.08. The summed E-state index contributed by atoms with van der Waals surface area (Å²) in [4.78, 5) is 15.4. The number of methoxy groups -OCH3 is 1. The Morgan fingerprint density at radius 2 is 2.11 bits per heavy atom. The Balaban J connectivity index is 2.51. The van der Waals surface area contributed by atoms with Gasteiger partial charge in [-0.25, -0.2) is 9.78 Å². The van der Waals surface area contributed by atoms with E-state index < -0.39 is 5.97 Å².